The first kappa shape index (κ1) is 23.8. The van der Waals surface area contributed by atoms with Crippen molar-refractivity contribution >= 4 is 0 Å². The molecule has 0 aromatic rings. The van der Waals surface area contributed by atoms with E-state index in [1.54, 1.807) is 19.4 Å². The molecule has 3 aliphatic rings. The summed E-state index contributed by atoms with van der Waals surface area (Å²) in [5.74, 6) is 1.72. The molecule has 3 aliphatic carbocycles. The van der Waals surface area contributed by atoms with Crippen LogP contribution in [0.25, 0.3) is 0 Å². The van der Waals surface area contributed by atoms with Crippen LogP contribution in [0.5, 0.6) is 0 Å². The Kier molecular flexibility index (Phi) is 7.37. The van der Waals surface area contributed by atoms with Gasteiger partial charge in [-0.15, -0.1) is 0 Å². The lowest BCUT2D eigenvalue weighted by molar-refractivity contribution is 0.000134. The molecule has 0 saturated heterocycles. The molecule has 3 rings (SSSR count). The summed E-state index contributed by atoms with van der Waals surface area (Å²) in [7, 11) is 0. The molecule has 0 radical (unpaired) electrons. The van der Waals surface area contributed by atoms with Crippen LogP contribution >= 0.6 is 0 Å². The van der Waals surface area contributed by atoms with Gasteiger partial charge < -0.3 is 15.3 Å². The Balaban J connectivity index is 1.71. The Bertz CT molecular complexity index is 683. The summed E-state index contributed by atoms with van der Waals surface area (Å²) >= 11 is 0. The summed E-state index contributed by atoms with van der Waals surface area (Å²) in [6.07, 6.45) is 13.8. The standard InChI is InChI=1S/C27H44O3/c1-18-8-11-22(28)16-21(18)10-9-20-7-6-14-27(5)24(12-13-25(20)27)19(2)15-23(29)17-26(3,4)30/h9-10,19,22-25,28-30H,1,6-8,11-17H2,2-5H3/b20-9-,21-10-/t19-,22+,23?,24-,25+,27-/m1/s1. The molecule has 170 valence electrons. The number of allylic oxidation sites excluding steroid dienone is 4. The highest BCUT2D eigenvalue weighted by Gasteiger charge is 2.50. The van der Waals surface area contributed by atoms with Gasteiger partial charge in [-0.05, 0) is 100 Å². The van der Waals surface area contributed by atoms with Gasteiger partial charge in [0.25, 0.3) is 0 Å². The smallest absolute Gasteiger partial charge is 0.0616 e. The van der Waals surface area contributed by atoms with E-state index in [4.69, 9.17) is 0 Å². The maximum Gasteiger partial charge on any atom is 0.0616 e. The third-order valence-electron chi connectivity index (χ3n) is 8.29. The summed E-state index contributed by atoms with van der Waals surface area (Å²) in [6, 6.07) is 0. The molecule has 3 fully saturated rings. The highest BCUT2D eigenvalue weighted by Crippen LogP contribution is 2.60. The molecule has 0 bridgehead atoms. The molecule has 3 saturated carbocycles. The van der Waals surface area contributed by atoms with Crippen molar-refractivity contribution in [2.75, 3.05) is 0 Å². The van der Waals surface area contributed by atoms with Crippen molar-refractivity contribution in [1.29, 1.82) is 0 Å². The maximum atomic E-state index is 10.5. The van der Waals surface area contributed by atoms with Crippen LogP contribution in [0.3, 0.4) is 0 Å². The minimum Gasteiger partial charge on any atom is -0.393 e. The molecule has 3 N–H and O–H groups in total. The molecule has 0 heterocycles. The van der Waals surface area contributed by atoms with Gasteiger partial charge in [0.2, 0.25) is 0 Å². The third kappa shape index (κ3) is 5.47. The van der Waals surface area contributed by atoms with Crippen molar-refractivity contribution < 1.29 is 15.3 Å². The van der Waals surface area contributed by atoms with Crippen molar-refractivity contribution in [2.45, 2.75) is 110 Å². The predicted molar refractivity (Wildman–Crippen MR) is 124 cm³/mol. The fourth-order valence-corrected chi connectivity index (χ4v) is 6.86. The zero-order valence-electron chi connectivity index (χ0n) is 19.7. The number of hydrogen-bond donors (Lipinski definition) is 3. The number of rotatable bonds is 6. The molecular weight excluding hydrogens is 372 g/mol. The van der Waals surface area contributed by atoms with Crippen molar-refractivity contribution in [2.24, 2.45) is 23.2 Å². The largest absolute Gasteiger partial charge is 0.393 e. The second-order valence-corrected chi connectivity index (χ2v) is 11.4. The van der Waals surface area contributed by atoms with Gasteiger partial charge in [0.15, 0.2) is 0 Å². The van der Waals surface area contributed by atoms with Crippen LogP contribution < -0.4 is 0 Å². The minimum absolute atomic E-state index is 0.219. The number of aliphatic hydroxyl groups excluding tert-OH is 2. The fourth-order valence-electron chi connectivity index (χ4n) is 6.86. The Hall–Kier alpha value is -0.900. The molecule has 0 aromatic heterocycles. The first-order valence-electron chi connectivity index (χ1n) is 12.2. The van der Waals surface area contributed by atoms with Crippen LogP contribution in [0.15, 0.2) is 35.5 Å². The van der Waals surface area contributed by atoms with Crippen LogP contribution in [0, 0.1) is 23.2 Å². The van der Waals surface area contributed by atoms with Crippen molar-refractivity contribution in [3.05, 3.63) is 35.5 Å². The lowest BCUT2D eigenvalue weighted by atomic mass is 9.60. The van der Waals surface area contributed by atoms with Crippen LogP contribution in [-0.2, 0) is 0 Å². The van der Waals surface area contributed by atoms with E-state index >= 15 is 0 Å². The predicted octanol–water partition coefficient (Wildman–Crippen LogP) is 5.70. The molecule has 6 atom stereocenters. The van der Waals surface area contributed by atoms with Crippen molar-refractivity contribution in [3.8, 4) is 0 Å². The van der Waals surface area contributed by atoms with Gasteiger partial charge in [-0.2, -0.15) is 0 Å². The lowest BCUT2D eigenvalue weighted by Gasteiger charge is -2.44. The Labute approximate surface area is 184 Å². The first-order valence-corrected chi connectivity index (χ1v) is 12.2. The van der Waals surface area contributed by atoms with Gasteiger partial charge in [0, 0.05) is 6.42 Å². The van der Waals surface area contributed by atoms with Gasteiger partial charge in [0.05, 0.1) is 17.8 Å². The van der Waals surface area contributed by atoms with Gasteiger partial charge in [-0.1, -0.05) is 43.7 Å². The molecule has 0 amide bonds. The topological polar surface area (TPSA) is 60.7 Å². The summed E-state index contributed by atoms with van der Waals surface area (Å²) in [4.78, 5) is 0. The molecule has 0 aliphatic heterocycles. The van der Waals surface area contributed by atoms with Gasteiger partial charge in [-0.3, -0.25) is 0 Å². The SMILES string of the molecule is C=C1CC[C@H](O)C/C1=C/C=C1/CCC[C@]2(C)[C@@H]([C@H](C)CC(O)CC(C)(C)O)CC[C@@H]12. The number of fused-ring (bicyclic) bond motifs is 1. The van der Waals surface area contributed by atoms with E-state index in [9.17, 15) is 15.3 Å². The van der Waals surface area contributed by atoms with E-state index in [0.717, 1.165) is 25.7 Å². The van der Waals surface area contributed by atoms with Crippen molar-refractivity contribution in [3.63, 3.8) is 0 Å². The maximum absolute atomic E-state index is 10.5. The van der Waals surface area contributed by atoms with E-state index in [2.05, 4.69) is 32.6 Å². The fraction of sp³-hybridized carbons (Fsp3) is 0.778. The zero-order valence-corrected chi connectivity index (χ0v) is 19.7. The quantitative estimate of drug-likeness (QED) is 0.520. The Morgan fingerprint density at radius 2 is 1.93 bits per heavy atom. The van der Waals surface area contributed by atoms with Crippen LogP contribution in [-0.4, -0.2) is 33.1 Å². The number of hydrogen-bond acceptors (Lipinski definition) is 3. The highest BCUT2D eigenvalue weighted by molar-refractivity contribution is 5.36. The molecule has 3 heteroatoms. The summed E-state index contributed by atoms with van der Waals surface area (Å²) in [5, 5.41) is 30.6. The van der Waals surface area contributed by atoms with Gasteiger partial charge >= 0.3 is 0 Å². The molecule has 3 nitrogen and oxygen atoms in total. The second kappa shape index (κ2) is 9.30. The molecule has 30 heavy (non-hydrogen) atoms. The van der Waals surface area contributed by atoms with Gasteiger partial charge in [-0.25, -0.2) is 0 Å². The summed E-state index contributed by atoms with van der Waals surface area (Å²) in [5.41, 5.74) is 3.49. The Morgan fingerprint density at radius 3 is 2.63 bits per heavy atom. The third-order valence-corrected chi connectivity index (χ3v) is 8.29. The zero-order chi connectivity index (χ0) is 22.1. The van der Waals surface area contributed by atoms with E-state index < -0.39 is 11.7 Å². The van der Waals surface area contributed by atoms with E-state index in [-0.39, 0.29) is 6.10 Å². The van der Waals surface area contributed by atoms with Gasteiger partial charge in [0.1, 0.15) is 0 Å². The monoisotopic (exact) mass is 416 g/mol. The van der Waals surface area contributed by atoms with E-state index in [1.165, 1.54) is 43.3 Å². The first-order chi connectivity index (χ1) is 14.0. The highest BCUT2D eigenvalue weighted by atomic mass is 16.3. The second-order valence-electron chi connectivity index (χ2n) is 11.4. The van der Waals surface area contributed by atoms with E-state index in [0.29, 0.717) is 29.6 Å². The Morgan fingerprint density at radius 1 is 1.20 bits per heavy atom. The average molecular weight is 417 g/mol. The summed E-state index contributed by atoms with van der Waals surface area (Å²) < 4.78 is 0. The molecule has 1 unspecified atom stereocenters. The molecule has 0 spiro atoms. The normalized spacial score (nSPS) is 37.4. The molecule has 0 aromatic carbocycles. The molecular formula is C27H44O3. The lowest BCUT2D eigenvalue weighted by Crippen LogP contribution is -2.37. The van der Waals surface area contributed by atoms with Crippen molar-refractivity contribution in [1.82, 2.24) is 0 Å². The van der Waals surface area contributed by atoms with E-state index in [1.807, 2.05) is 0 Å². The van der Waals surface area contributed by atoms with Crippen LogP contribution in [0.1, 0.15) is 91.9 Å². The minimum atomic E-state index is -0.813. The van der Waals surface area contributed by atoms with Crippen LogP contribution in [0.2, 0.25) is 0 Å². The summed E-state index contributed by atoms with van der Waals surface area (Å²) in [6.45, 7) is 12.6. The average Bonchev–Trinajstić information content (AvgIpc) is 2.98. The van der Waals surface area contributed by atoms with Crippen LogP contribution in [0.4, 0.5) is 0 Å². The number of aliphatic hydroxyl groups is 3.